The molecule has 0 fully saturated rings. The van der Waals surface area contributed by atoms with Crippen molar-refractivity contribution in [2.75, 3.05) is 27.2 Å². The van der Waals surface area contributed by atoms with E-state index in [2.05, 4.69) is 10.1 Å². The number of urea groups is 1. The van der Waals surface area contributed by atoms with E-state index in [9.17, 15) is 14.4 Å². The van der Waals surface area contributed by atoms with Crippen molar-refractivity contribution in [3.05, 3.63) is 0 Å². The van der Waals surface area contributed by atoms with Crippen molar-refractivity contribution in [2.24, 2.45) is 5.92 Å². The zero-order valence-corrected chi connectivity index (χ0v) is 10.2. The number of aliphatic carboxylic acids is 1. The van der Waals surface area contributed by atoms with Crippen molar-refractivity contribution < 1.29 is 24.2 Å². The molecule has 0 aliphatic carbocycles. The molecule has 0 bridgehead atoms. The zero-order valence-electron chi connectivity index (χ0n) is 10.2. The van der Waals surface area contributed by atoms with E-state index in [-0.39, 0.29) is 19.5 Å². The largest absolute Gasteiger partial charge is 0.481 e. The highest BCUT2D eigenvalue weighted by molar-refractivity contribution is 5.76. The summed E-state index contributed by atoms with van der Waals surface area (Å²) in [7, 11) is 2.76. The van der Waals surface area contributed by atoms with Crippen LogP contribution < -0.4 is 5.32 Å². The van der Waals surface area contributed by atoms with Crippen LogP contribution in [-0.2, 0) is 14.3 Å². The Morgan fingerprint density at radius 3 is 2.47 bits per heavy atom. The Morgan fingerprint density at radius 2 is 2.00 bits per heavy atom. The number of methoxy groups -OCH3 is 1. The van der Waals surface area contributed by atoms with E-state index in [1.54, 1.807) is 0 Å². The molecule has 0 aliphatic heterocycles. The van der Waals surface area contributed by atoms with Gasteiger partial charge < -0.3 is 20.1 Å². The fraction of sp³-hybridized carbons (Fsp3) is 0.700. The van der Waals surface area contributed by atoms with E-state index >= 15 is 0 Å². The van der Waals surface area contributed by atoms with Gasteiger partial charge in [0.25, 0.3) is 0 Å². The van der Waals surface area contributed by atoms with Crippen molar-refractivity contribution in [3.8, 4) is 0 Å². The minimum absolute atomic E-state index is 0.0879. The number of amides is 2. The average Bonchev–Trinajstić information content (AvgIpc) is 2.28. The third kappa shape index (κ3) is 6.39. The zero-order chi connectivity index (χ0) is 13.4. The number of carboxylic acid groups (broad SMARTS) is 1. The Morgan fingerprint density at radius 1 is 1.41 bits per heavy atom. The molecular weight excluding hydrogens is 228 g/mol. The summed E-state index contributed by atoms with van der Waals surface area (Å²) in [5.74, 6) is -2.00. The van der Waals surface area contributed by atoms with Gasteiger partial charge in [-0.2, -0.15) is 0 Å². The second-order valence-electron chi connectivity index (χ2n) is 3.68. The number of nitrogens with zero attached hydrogens (tertiary/aromatic N) is 1. The summed E-state index contributed by atoms with van der Waals surface area (Å²) in [6, 6.07) is -0.415. The fourth-order valence-electron chi connectivity index (χ4n) is 1.08. The van der Waals surface area contributed by atoms with Crippen molar-refractivity contribution in [1.29, 1.82) is 0 Å². The second-order valence-corrected chi connectivity index (χ2v) is 3.68. The van der Waals surface area contributed by atoms with E-state index in [1.165, 1.54) is 26.0 Å². The van der Waals surface area contributed by atoms with Gasteiger partial charge in [0.2, 0.25) is 0 Å². The number of nitrogens with one attached hydrogen (secondary N) is 1. The quantitative estimate of drug-likeness (QED) is 0.639. The maximum Gasteiger partial charge on any atom is 0.317 e. The van der Waals surface area contributed by atoms with Crippen LogP contribution in [0, 0.1) is 5.92 Å². The molecule has 2 amide bonds. The van der Waals surface area contributed by atoms with Crippen molar-refractivity contribution >= 4 is 18.0 Å². The molecule has 1 atom stereocenters. The number of rotatable bonds is 6. The molecule has 2 N–H and O–H groups in total. The highest BCUT2D eigenvalue weighted by Crippen LogP contribution is 1.98. The number of carbonyl (C=O) groups excluding carboxylic acids is 2. The molecule has 0 saturated carbocycles. The molecule has 0 spiro atoms. The van der Waals surface area contributed by atoms with Gasteiger partial charge in [-0.1, -0.05) is 6.92 Å². The summed E-state index contributed by atoms with van der Waals surface area (Å²) in [6.07, 6.45) is 0.0879. The molecule has 17 heavy (non-hydrogen) atoms. The first kappa shape index (κ1) is 15.2. The summed E-state index contributed by atoms with van der Waals surface area (Å²) < 4.78 is 4.41. The predicted molar refractivity (Wildman–Crippen MR) is 59.5 cm³/mol. The molecule has 0 aromatic rings. The van der Waals surface area contributed by atoms with Crippen LogP contribution in [0.5, 0.6) is 0 Å². The Balaban J connectivity index is 3.90. The first-order chi connectivity index (χ1) is 7.88. The highest BCUT2D eigenvalue weighted by Gasteiger charge is 2.17. The normalized spacial score (nSPS) is 11.5. The van der Waals surface area contributed by atoms with Crippen LogP contribution in [0.25, 0.3) is 0 Å². The summed E-state index contributed by atoms with van der Waals surface area (Å²) in [5, 5.41) is 11.2. The highest BCUT2D eigenvalue weighted by atomic mass is 16.5. The molecule has 0 aromatic heterocycles. The van der Waals surface area contributed by atoms with Gasteiger partial charge in [0.1, 0.15) is 0 Å². The van der Waals surface area contributed by atoms with Crippen LogP contribution in [0.2, 0.25) is 0 Å². The molecular formula is C10H18N2O5. The molecule has 0 rings (SSSR count). The number of hydrogen-bond acceptors (Lipinski definition) is 4. The third-order valence-corrected chi connectivity index (χ3v) is 2.15. The van der Waals surface area contributed by atoms with E-state index in [0.29, 0.717) is 0 Å². The number of hydrogen-bond donors (Lipinski definition) is 2. The Labute approximate surface area is 99.7 Å². The second kappa shape index (κ2) is 7.48. The van der Waals surface area contributed by atoms with Crippen molar-refractivity contribution in [2.45, 2.75) is 13.3 Å². The van der Waals surface area contributed by atoms with Gasteiger partial charge in [-0.3, -0.25) is 9.59 Å². The maximum absolute atomic E-state index is 11.4. The minimum atomic E-state index is -0.959. The van der Waals surface area contributed by atoms with E-state index in [1.807, 2.05) is 0 Å². The summed E-state index contributed by atoms with van der Waals surface area (Å²) in [5.41, 5.74) is 0. The van der Waals surface area contributed by atoms with Gasteiger partial charge in [0.15, 0.2) is 0 Å². The lowest BCUT2D eigenvalue weighted by Crippen LogP contribution is -2.41. The Kier molecular flexibility index (Phi) is 6.69. The molecule has 0 saturated heterocycles. The van der Waals surface area contributed by atoms with Crippen LogP contribution in [0.1, 0.15) is 13.3 Å². The average molecular weight is 246 g/mol. The van der Waals surface area contributed by atoms with Gasteiger partial charge >= 0.3 is 18.0 Å². The van der Waals surface area contributed by atoms with Gasteiger partial charge in [-0.15, -0.1) is 0 Å². The standard InChI is InChI=1S/C10H18N2O5/c1-7(9(14)15)6-12(2)10(16)11-5-4-8(13)17-3/h7H,4-6H2,1-3H3,(H,11,16)(H,14,15). The first-order valence-electron chi connectivity index (χ1n) is 5.17. The molecule has 0 aromatic carbocycles. The monoisotopic (exact) mass is 246 g/mol. The Bertz CT molecular complexity index is 292. The molecule has 98 valence electrons. The number of carboxylic acids is 1. The number of ether oxygens (including phenoxy) is 1. The van der Waals surface area contributed by atoms with E-state index in [4.69, 9.17) is 5.11 Å². The van der Waals surface area contributed by atoms with Crippen LogP contribution in [0.4, 0.5) is 4.79 Å². The molecule has 7 nitrogen and oxygen atoms in total. The van der Waals surface area contributed by atoms with Crippen LogP contribution in [-0.4, -0.2) is 55.2 Å². The van der Waals surface area contributed by atoms with Gasteiger partial charge in [0.05, 0.1) is 19.4 Å². The molecule has 0 aliphatic rings. The van der Waals surface area contributed by atoms with E-state index < -0.39 is 23.9 Å². The number of carbonyl (C=O) groups is 3. The lowest BCUT2D eigenvalue weighted by molar-refractivity contribution is -0.141. The first-order valence-corrected chi connectivity index (χ1v) is 5.17. The van der Waals surface area contributed by atoms with Crippen LogP contribution >= 0.6 is 0 Å². The number of esters is 1. The lowest BCUT2D eigenvalue weighted by atomic mass is 10.2. The van der Waals surface area contributed by atoms with Crippen molar-refractivity contribution in [1.82, 2.24) is 10.2 Å². The minimum Gasteiger partial charge on any atom is -0.481 e. The summed E-state index contributed by atoms with van der Waals surface area (Å²) in [6.45, 7) is 1.79. The van der Waals surface area contributed by atoms with Gasteiger partial charge in [0, 0.05) is 20.1 Å². The van der Waals surface area contributed by atoms with E-state index in [0.717, 1.165) is 0 Å². The SMILES string of the molecule is COC(=O)CCNC(=O)N(C)CC(C)C(=O)O. The van der Waals surface area contributed by atoms with Crippen LogP contribution in [0.15, 0.2) is 0 Å². The molecule has 0 radical (unpaired) electrons. The smallest absolute Gasteiger partial charge is 0.317 e. The van der Waals surface area contributed by atoms with Gasteiger partial charge in [-0.05, 0) is 0 Å². The Hall–Kier alpha value is -1.79. The summed E-state index contributed by atoms with van der Waals surface area (Å²) >= 11 is 0. The third-order valence-electron chi connectivity index (χ3n) is 2.15. The summed E-state index contributed by atoms with van der Waals surface area (Å²) in [4.78, 5) is 34.0. The topological polar surface area (TPSA) is 95.9 Å². The predicted octanol–water partition coefficient (Wildman–Crippen LogP) is -0.0884. The lowest BCUT2D eigenvalue weighted by Gasteiger charge is -2.19. The fourth-order valence-corrected chi connectivity index (χ4v) is 1.08. The van der Waals surface area contributed by atoms with Crippen LogP contribution in [0.3, 0.4) is 0 Å². The maximum atomic E-state index is 11.4. The molecule has 7 heteroatoms. The van der Waals surface area contributed by atoms with Crippen molar-refractivity contribution in [3.63, 3.8) is 0 Å². The molecule has 0 heterocycles. The molecule has 1 unspecified atom stereocenters. The van der Waals surface area contributed by atoms with Gasteiger partial charge in [-0.25, -0.2) is 4.79 Å².